The van der Waals surface area contributed by atoms with Crippen LogP contribution in [-0.2, 0) is 4.79 Å². The highest BCUT2D eigenvalue weighted by Crippen LogP contribution is 2.39. The van der Waals surface area contributed by atoms with Crippen molar-refractivity contribution in [2.75, 3.05) is 6.54 Å². The van der Waals surface area contributed by atoms with Crippen LogP contribution in [0.2, 0.25) is 0 Å². The number of piperidine rings is 1. The van der Waals surface area contributed by atoms with E-state index in [0.717, 1.165) is 36.3 Å². The van der Waals surface area contributed by atoms with Gasteiger partial charge in [-0.2, -0.15) is 0 Å². The van der Waals surface area contributed by atoms with Crippen molar-refractivity contribution >= 4 is 22.8 Å². The zero-order valence-electron chi connectivity index (χ0n) is 8.85. The fraction of sp³-hybridized carbons (Fsp3) is 0.417. The number of aliphatic hydroxyl groups excluding tert-OH is 1. The summed E-state index contributed by atoms with van der Waals surface area (Å²) >= 11 is 1.58. The first-order valence-corrected chi connectivity index (χ1v) is 6.45. The fourth-order valence-corrected chi connectivity index (χ4v) is 3.42. The maximum absolute atomic E-state index is 11.9. The van der Waals surface area contributed by atoms with Crippen LogP contribution in [0.5, 0.6) is 0 Å². The summed E-state index contributed by atoms with van der Waals surface area (Å²) in [6.07, 6.45) is 3.16. The number of amides is 1. The SMILES string of the molecule is O=C1C(O)=C(c2cccs2)C2CCCCN12. The highest BCUT2D eigenvalue weighted by Gasteiger charge is 2.41. The third-order valence-electron chi connectivity index (χ3n) is 3.34. The zero-order valence-corrected chi connectivity index (χ0v) is 9.67. The second-order valence-corrected chi connectivity index (χ2v) is 5.20. The average Bonchev–Trinajstić information content (AvgIpc) is 2.89. The molecule has 0 aliphatic carbocycles. The molecule has 4 heteroatoms. The van der Waals surface area contributed by atoms with Crippen molar-refractivity contribution in [2.24, 2.45) is 0 Å². The molecule has 16 heavy (non-hydrogen) atoms. The first kappa shape index (κ1) is 9.90. The molecule has 1 saturated heterocycles. The van der Waals surface area contributed by atoms with Gasteiger partial charge in [0.15, 0.2) is 5.76 Å². The number of nitrogens with zero attached hydrogens (tertiary/aromatic N) is 1. The number of fused-ring (bicyclic) bond motifs is 1. The lowest BCUT2D eigenvalue weighted by atomic mass is 9.97. The fourth-order valence-electron chi connectivity index (χ4n) is 2.60. The molecule has 1 aromatic rings. The topological polar surface area (TPSA) is 40.5 Å². The molecule has 1 aromatic heterocycles. The monoisotopic (exact) mass is 235 g/mol. The first-order valence-electron chi connectivity index (χ1n) is 5.57. The van der Waals surface area contributed by atoms with Crippen LogP contribution < -0.4 is 0 Å². The highest BCUT2D eigenvalue weighted by molar-refractivity contribution is 7.11. The number of thiophene rings is 1. The molecule has 0 radical (unpaired) electrons. The number of carbonyl (C=O) groups excluding carboxylic acids is 1. The van der Waals surface area contributed by atoms with E-state index in [9.17, 15) is 9.90 Å². The van der Waals surface area contributed by atoms with Crippen LogP contribution in [0.4, 0.5) is 0 Å². The molecular formula is C12H13NO2S. The Balaban J connectivity index is 2.05. The van der Waals surface area contributed by atoms with E-state index in [-0.39, 0.29) is 17.7 Å². The Labute approximate surface area is 98.0 Å². The Morgan fingerprint density at radius 1 is 1.44 bits per heavy atom. The molecule has 1 amide bonds. The van der Waals surface area contributed by atoms with Crippen LogP contribution in [0.1, 0.15) is 24.1 Å². The van der Waals surface area contributed by atoms with Crippen LogP contribution in [0.3, 0.4) is 0 Å². The van der Waals surface area contributed by atoms with Crippen LogP contribution in [0, 0.1) is 0 Å². The molecule has 1 atom stereocenters. The number of hydrogen-bond acceptors (Lipinski definition) is 3. The number of rotatable bonds is 1. The van der Waals surface area contributed by atoms with Gasteiger partial charge in [0.25, 0.3) is 5.91 Å². The molecule has 2 aliphatic rings. The van der Waals surface area contributed by atoms with E-state index in [1.54, 1.807) is 11.3 Å². The van der Waals surface area contributed by atoms with Crippen molar-refractivity contribution in [2.45, 2.75) is 25.3 Å². The maximum atomic E-state index is 11.9. The number of carbonyl (C=O) groups is 1. The Bertz CT molecular complexity index is 450. The van der Waals surface area contributed by atoms with Gasteiger partial charge >= 0.3 is 0 Å². The van der Waals surface area contributed by atoms with Gasteiger partial charge in [-0.25, -0.2) is 0 Å². The zero-order chi connectivity index (χ0) is 11.1. The summed E-state index contributed by atoms with van der Waals surface area (Å²) < 4.78 is 0. The molecule has 0 saturated carbocycles. The Morgan fingerprint density at radius 2 is 2.31 bits per heavy atom. The van der Waals surface area contributed by atoms with Gasteiger partial charge in [0, 0.05) is 17.0 Å². The molecule has 0 spiro atoms. The summed E-state index contributed by atoms with van der Waals surface area (Å²) in [5, 5.41) is 11.9. The molecule has 0 bridgehead atoms. The minimum absolute atomic E-state index is 0.0330. The normalized spacial score (nSPS) is 25.1. The van der Waals surface area contributed by atoms with Crippen molar-refractivity contribution in [3.63, 3.8) is 0 Å². The molecule has 84 valence electrons. The van der Waals surface area contributed by atoms with Gasteiger partial charge in [-0.15, -0.1) is 11.3 Å². The van der Waals surface area contributed by atoms with E-state index < -0.39 is 0 Å². The second kappa shape index (κ2) is 3.63. The summed E-state index contributed by atoms with van der Waals surface area (Å²) in [7, 11) is 0. The van der Waals surface area contributed by atoms with Gasteiger partial charge in [0.2, 0.25) is 0 Å². The predicted octanol–water partition coefficient (Wildman–Crippen LogP) is 2.41. The van der Waals surface area contributed by atoms with Crippen LogP contribution >= 0.6 is 11.3 Å². The summed E-state index contributed by atoms with van der Waals surface area (Å²) in [6.45, 7) is 0.780. The summed E-state index contributed by atoms with van der Waals surface area (Å²) in [6, 6.07) is 4.04. The Morgan fingerprint density at radius 3 is 3.06 bits per heavy atom. The van der Waals surface area contributed by atoms with E-state index in [1.165, 1.54) is 0 Å². The lowest BCUT2D eigenvalue weighted by molar-refractivity contribution is -0.130. The van der Waals surface area contributed by atoms with E-state index in [1.807, 2.05) is 22.4 Å². The molecule has 2 aliphatic heterocycles. The van der Waals surface area contributed by atoms with Gasteiger partial charge in [0.05, 0.1) is 6.04 Å². The maximum Gasteiger partial charge on any atom is 0.289 e. The highest BCUT2D eigenvalue weighted by atomic mass is 32.1. The second-order valence-electron chi connectivity index (χ2n) is 4.25. The molecule has 1 fully saturated rings. The molecule has 3 nitrogen and oxygen atoms in total. The smallest absolute Gasteiger partial charge is 0.289 e. The molecular weight excluding hydrogens is 222 g/mol. The Kier molecular flexibility index (Phi) is 2.24. The summed E-state index contributed by atoms with van der Waals surface area (Å²) in [4.78, 5) is 14.7. The van der Waals surface area contributed by atoms with E-state index >= 15 is 0 Å². The molecule has 3 rings (SSSR count). The van der Waals surface area contributed by atoms with Crippen molar-refractivity contribution in [3.05, 3.63) is 28.1 Å². The summed E-state index contributed by atoms with van der Waals surface area (Å²) in [5.74, 6) is -0.220. The van der Waals surface area contributed by atoms with Crippen molar-refractivity contribution in [1.29, 1.82) is 0 Å². The third kappa shape index (κ3) is 1.29. The number of hydrogen-bond donors (Lipinski definition) is 1. The van der Waals surface area contributed by atoms with Crippen LogP contribution in [-0.4, -0.2) is 28.5 Å². The quantitative estimate of drug-likeness (QED) is 0.812. The molecule has 3 heterocycles. The molecule has 1 N–H and O–H groups in total. The van der Waals surface area contributed by atoms with Gasteiger partial charge in [-0.1, -0.05) is 6.07 Å². The van der Waals surface area contributed by atoms with Gasteiger partial charge in [0.1, 0.15) is 0 Å². The van der Waals surface area contributed by atoms with E-state index in [0.29, 0.717) is 0 Å². The lowest BCUT2D eigenvalue weighted by Crippen LogP contribution is -2.39. The van der Waals surface area contributed by atoms with Crippen LogP contribution in [0.25, 0.3) is 5.57 Å². The van der Waals surface area contributed by atoms with E-state index in [4.69, 9.17) is 0 Å². The average molecular weight is 235 g/mol. The number of aliphatic hydroxyl groups is 1. The largest absolute Gasteiger partial charge is 0.503 e. The van der Waals surface area contributed by atoms with Crippen molar-refractivity contribution < 1.29 is 9.90 Å². The standard InChI is InChI=1S/C12H13NO2S/c14-11-10(9-5-3-7-16-9)8-4-1-2-6-13(8)12(11)15/h3,5,7-8,14H,1-2,4,6H2. The predicted molar refractivity (Wildman–Crippen MR) is 63.2 cm³/mol. The van der Waals surface area contributed by atoms with Crippen LogP contribution in [0.15, 0.2) is 23.3 Å². The van der Waals surface area contributed by atoms with E-state index in [2.05, 4.69) is 0 Å². The van der Waals surface area contributed by atoms with Gasteiger partial charge < -0.3 is 10.0 Å². The Hall–Kier alpha value is -1.29. The summed E-state index contributed by atoms with van der Waals surface area (Å²) in [5.41, 5.74) is 0.847. The van der Waals surface area contributed by atoms with Crippen molar-refractivity contribution in [3.8, 4) is 0 Å². The third-order valence-corrected chi connectivity index (χ3v) is 4.24. The van der Waals surface area contributed by atoms with Gasteiger partial charge in [-0.05, 0) is 30.7 Å². The van der Waals surface area contributed by atoms with Gasteiger partial charge in [-0.3, -0.25) is 4.79 Å². The minimum atomic E-state index is -0.187. The van der Waals surface area contributed by atoms with Crippen molar-refractivity contribution in [1.82, 2.24) is 4.90 Å². The first-order chi connectivity index (χ1) is 7.79. The molecule has 0 aromatic carbocycles. The minimum Gasteiger partial charge on any atom is -0.503 e. The molecule has 1 unspecified atom stereocenters. The lowest BCUT2D eigenvalue weighted by Gasteiger charge is -2.30.